The minimum Gasteiger partial charge on any atom is -0.355 e. The van der Waals surface area contributed by atoms with Gasteiger partial charge in [0, 0.05) is 25.2 Å². The van der Waals surface area contributed by atoms with Crippen molar-refractivity contribution in [2.75, 3.05) is 13.6 Å². The third-order valence-corrected chi connectivity index (χ3v) is 4.93. The van der Waals surface area contributed by atoms with Crippen molar-refractivity contribution in [2.24, 2.45) is 0 Å². The molecule has 1 aliphatic heterocycles. The quantitative estimate of drug-likeness (QED) is 0.900. The summed E-state index contributed by atoms with van der Waals surface area (Å²) in [5.74, 6) is -0.240. The maximum Gasteiger partial charge on any atom is 0.251 e. The fourth-order valence-electron chi connectivity index (χ4n) is 3.59. The molecule has 1 fully saturated rings. The summed E-state index contributed by atoms with van der Waals surface area (Å²) >= 11 is 0. The zero-order valence-electron chi connectivity index (χ0n) is 14.7. The summed E-state index contributed by atoms with van der Waals surface area (Å²) in [5, 5.41) is 2.64. The summed E-state index contributed by atoms with van der Waals surface area (Å²) < 4.78 is 13.7. The van der Waals surface area contributed by atoms with Crippen molar-refractivity contribution in [2.45, 2.75) is 38.3 Å². The molecule has 0 spiro atoms. The molecule has 0 aromatic heterocycles. The Hall–Kier alpha value is -2.20. The van der Waals surface area contributed by atoms with E-state index in [1.165, 1.54) is 30.9 Å². The molecule has 25 heavy (non-hydrogen) atoms. The first-order chi connectivity index (χ1) is 12.2. The number of hydrogen-bond donors (Lipinski definition) is 1. The Balaban J connectivity index is 1.78. The lowest BCUT2D eigenvalue weighted by molar-refractivity contribution is 0.0963. The second kappa shape index (κ2) is 8.26. The molecular formula is C21H25FN2O. The number of hydrogen-bond acceptors (Lipinski definition) is 2. The number of nitrogens with one attached hydrogen (secondary N) is 1. The number of rotatable bonds is 4. The van der Waals surface area contributed by atoms with E-state index in [4.69, 9.17) is 0 Å². The number of halogens is 1. The van der Waals surface area contributed by atoms with Crippen LogP contribution in [0, 0.1) is 5.82 Å². The van der Waals surface area contributed by atoms with Gasteiger partial charge in [-0.2, -0.15) is 0 Å². The smallest absolute Gasteiger partial charge is 0.251 e. The Morgan fingerprint density at radius 2 is 1.96 bits per heavy atom. The van der Waals surface area contributed by atoms with Crippen LogP contribution in [0.15, 0.2) is 48.5 Å². The van der Waals surface area contributed by atoms with Crippen LogP contribution >= 0.6 is 0 Å². The highest BCUT2D eigenvalue weighted by molar-refractivity contribution is 5.93. The summed E-state index contributed by atoms with van der Waals surface area (Å²) in [4.78, 5) is 14.1. The van der Waals surface area contributed by atoms with Crippen LogP contribution in [0.25, 0.3) is 0 Å². The lowest BCUT2D eigenvalue weighted by atomic mass is 10.00. The van der Waals surface area contributed by atoms with Gasteiger partial charge in [0.1, 0.15) is 5.82 Å². The fraction of sp³-hybridized carbons (Fsp3) is 0.381. The van der Waals surface area contributed by atoms with Crippen LogP contribution < -0.4 is 5.32 Å². The molecule has 132 valence electrons. The molecule has 2 aromatic carbocycles. The van der Waals surface area contributed by atoms with E-state index >= 15 is 0 Å². The molecule has 4 heteroatoms. The lowest BCUT2D eigenvalue weighted by Gasteiger charge is -2.30. The van der Waals surface area contributed by atoms with Gasteiger partial charge in [-0.15, -0.1) is 0 Å². The van der Waals surface area contributed by atoms with Gasteiger partial charge >= 0.3 is 0 Å². The van der Waals surface area contributed by atoms with Crippen molar-refractivity contribution in [3.05, 3.63) is 71.0 Å². The summed E-state index contributed by atoms with van der Waals surface area (Å²) in [5.41, 5.74) is 2.91. The van der Waals surface area contributed by atoms with Gasteiger partial charge in [0.15, 0.2) is 0 Å². The maximum atomic E-state index is 13.7. The van der Waals surface area contributed by atoms with Crippen LogP contribution in [0.2, 0.25) is 0 Å². The predicted octanol–water partition coefficient (Wildman–Crippen LogP) is 4.30. The molecule has 1 amide bonds. The Morgan fingerprint density at radius 1 is 1.16 bits per heavy atom. The molecule has 0 unspecified atom stereocenters. The first-order valence-corrected chi connectivity index (χ1v) is 8.98. The van der Waals surface area contributed by atoms with Crippen LogP contribution in [0.3, 0.4) is 0 Å². The average molecular weight is 340 g/mol. The highest BCUT2D eigenvalue weighted by Gasteiger charge is 2.23. The van der Waals surface area contributed by atoms with Crippen molar-refractivity contribution in [1.82, 2.24) is 10.2 Å². The number of likely N-dealkylation sites (tertiary alicyclic amines) is 1. The van der Waals surface area contributed by atoms with Gasteiger partial charge < -0.3 is 5.32 Å². The fourth-order valence-corrected chi connectivity index (χ4v) is 3.59. The number of amides is 1. The monoisotopic (exact) mass is 340 g/mol. The highest BCUT2D eigenvalue weighted by atomic mass is 19.1. The second-order valence-electron chi connectivity index (χ2n) is 6.67. The van der Waals surface area contributed by atoms with Gasteiger partial charge in [0.2, 0.25) is 0 Å². The molecule has 1 heterocycles. The molecule has 0 saturated carbocycles. The van der Waals surface area contributed by atoms with Crippen molar-refractivity contribution in [3.8, 4) is 0 Å². The number of benzene rings is 2. The minimum absolute atomic E-state index is 0.0704. The van der Waals surface area contributed by atoms with Crippen molar-refractivity contribution < 1.29 is 9.18 Å². The van der Waals surface area contributed by atoms with Crippen molar-refractivity contribution in [1.29, 1.82) is 0 Å². The Bertz CT molecular complexity index is 714. The van der Waals surface area contributed by atoms with Crippen molar-refractivity contribution >= 4 is 5.91 Å². The molecule has 3 nitrogen and oxygen atoms in total. The van der Waals surface area contributed by atoms with Crippen LogP contribution in [0.5, 0.6) is 0 Å². The van der Waals surface area contributed by atoms with E-state index in [0.717, 1.165) is 25.1 Å². The number of carbonyl (C=O) groups excluding carboxylic acids is 1. The van der Waals surface area contributed by atoms with E-state index in [2.05, 4.69) is 10.2 Å². The standard InChI is InChI=1S/C21H25FN2O/c1-23-21(25)17-11-9-16(10-12-17)15-24-13-4-2-3-8-20(24)18-6-5-7-19(22)14-18/h5-7,9-12,14,20H,2-4,8,13,15H2,1H3,(H,23,25)/t20-/m1/s1. The van der Waals surface area contributed by atoms with Gasteiger partial charge in [-0.25, -0.2) is 4.39 Å². The van der Waals surface area contributed by atoms with Gasteiger partial charge in [-0.05, 0) is 54.8 Å². The van der Waals surface area contributed by atoms with E-state index in [1.807, 2.05) is 30.3 Å². The normalized spacial score (nSPS) is 18.6. The first-order valence-electron chi connectivity index (χ1n) is 8.98. The minimum atomic E-state index is -0.170. The third kappa shape index (κ3) is 4.45. The lowest BCUT2D eigenvalue weighted by Crippen LogP contribution is -2.28. The first kappa shape index (κ1) is 17.6. The summed E-state index contributed by atoms with van der Waals surface area (Å²) in [6.45, 7) is 1.83. The zero-order chi connectivity index (χ0) is 17.6. The van der Waals surface area contributed by atoms with E-state index in [1.54, 1.807) is 19.2 Å². The topological polar surface area (TPSA) is 32.3 Å². The average Bonchev–Trinajstić information content (AvgIpc) is 2.87. The van der Waals surface area contributed by atoms with Gasteiger partial charge in [-0.3, -0.25) is 9.69 Å². The molecule has 0 bridgehead atoms. The summed E-state index contributed by atoms with van der Waals surface area (Å²) in [6.07, 6.45) is 4.62. The maximum absolute atomic E-state index is 13.7. The molecule has 0 radical (unpaired) electrons. The van der Waals surface area contributed by atoms with Crippen LogP contribution in [-0.4, -0.2) is 24.4 Å². The molecule has 1 N–H and O–H groups in total. The molecule has 1 atom stereocenters. The second-order valence-corrected chi connectivity index (χ2v) is 6.67. The van der Waals surface area contributed by atoms with Gasteiger partial charge in [-0.1, -0.05) is 37.1 Å². The molecule has 1 aliphatic rings. The van der Waals surface area contributed by atoms with E-state index < -0.39 is 0 Å². The number of carbonyl (C=O) groups is 1. The van der Waals surface area contributed by atoms with E-state index in [0.29, 0.717) is 5.56 Å². The Morgan fingerprint density at radius 3 is 2.68 bits per heavy atom. The predicted molar refractivity (Wildman–Crippen MR) is 97.9 cm³/mol. The summed E-state index contributed by atoms with van der Waals surface area (Å²) in [7, 11) is 1.64. The number of nitrogens with zero attached hydrogens (tertiary/aromatic N) is 1. The largest absolute Gasteiger partial charge is 0.355 e. The van der Waals surface area contributed by atoms with Crippen molar-refractivity contribution in [3.63, 3.8) is 0 Å². The highest BCUT2D eigenvalue weighted by Crippen LogP contribution is 2.31. The zero-order valence-corrected chi connectivity index (χ0v) is 14.7. The molecule has 1 saturated heterocycles. The van der Waals surface area contributed by atoms with E-state index in [-0.39, 0.29) is 17.8 Å². The Kier molecular flexibility index (Phi) is 5.82. The third-order valence-electron chi connectivity index (χ3n) is 4.93. The SMILES string of the molecule is CNC(=O)c1ccc(CN2CCCCC[C@@H]2c2cccc(F)c2)cc1. The summed E-state index contributed by atoms with van der Waals surface area (Å²) in [6, 6.07) is 15.0. The van der Waals surface area contributed by atoms with Gasteiger partial charge in [0.05, 0.1) is 0 Å². The van der Waals surface area contributed by atoms with Crippen LogP contribution in [-0.2, 0) is 6.54 Å². The van der Waals surface area contributed by atoms with E-state index in [9.17, 15) is 9.18 Å². The van der Waals surface area contributed by atoms with Crippen LogP contribution in [0.4, 0.5) is 4.39 Å². The molecular weight excluding hydrogens is 315 g/mol. The molecule has 0 aliphatic carbocycles. The molecule has 3 rings (SSSR count). The Labute approximate surface area is 148 Å². The van der Waals surface area contributed by atoms with Crippen LogP contribution in [0.1, 0.15) is 53.2 Å². The molecule has 2 aromatic rings. The van der Waals surface area contributed by atoms with Gasteiger partial charge in [0.25, 0.3) is 5.91 Å².